The first kappa shape index (κ1) is 9.31. The van der Waals surface area contributed by atoms with E-state index in [1.807, 2.05) is 0 Å². The Morgan fingerprint density at radius 3 is 2.77 bits per heavy atom. The van der Waals surface area contributed by atoms with Crippen molar-refractivity contribution < 1.29 is 9.53 Å². The molecule has 0 unspecified atom stereocenters. The molecule has 0 saturated heterocycles. The first-order valence-electron chi connectivity index (χ1n) is 3.71. The van der Waals surface area contributed by atoms with Gasteiger partial charge in [0.05, 0.1) is 19.2 Å². The Labute approximate surface area is 75.7 Å². The molecule has 0 aliphatic carbocycles. The number of carbonyl (C=O) groups excluding carboxylic acids is 1. The van der Waals surface area contributed by atoms with Crippen LogP contribution in [0.1, 0.15) is 5.69 Å². The Balaban J connectivity index is 2.89. The number of ether oxygens (including phenoxy) is 1. The fourth-order valence-electron chi connectivity index (χ4n) is 0.954. The number of pyridine rings is 1. The van der Waals surface area contributed by atoms with Crippen LogP contribution in [0.25, 0.3) is 0 Å². The third-order valence-corrected chi connectivity index (χ3v) is 1.52. The van der Waals surface area contributed by atoms with Crippen molar-refractivity contribution in [2.45, 2.75) is 6.42 Å². The predicted octanol–water partition coefficient (Wildman–Crippen LogP) is -0.300. The van der Waals surface area contributed by atoms with E-state index in [4.69, 9.17) is 16.2 Å². The van der Waals surface area contributed by atoms with Crippen LogP contribution in [0.15, 0.2) is 12.1 Å². The highest BCUT2D eigenvalue weighted by Crippen LogP contribution is 2.17. The summed E-state index contributed by atoms with van der Waals surface area (Å²) in [5.74, 6) is 0.325. The SMILES string of the molecule is COc1ccc(CC(N)=O)nc1N. The maximum atomic E-state index is 10.5. The van der Waals surface area contributed by atoms with Gasteiger partial charge in [-0.1, -0.05) is 0 Å². The molecule has 1 aromatic rings. The number of methoxy groups -OCH3 is 1. The van der Waals surface area contributed by atoms with E-state index in [-0.39, 0.29) is 12.2 Å². The van der Waals surface area contributed by atoms with Gasteiger partial charge in [0.25, 0.3) is 0 Å². The molecule has 1 aromatic heterocycles. The number of nitrogen functional groups attached to an aromatic ring is 1. The molecule has 0 radical (unpaired) electrons. The number of nitrogens with two attached hydrogens (primary N) is 2. The van der Waals surface area contributed by atoms with Gasteiger partial charge in [0.2, 0.25) is 5.91 Å². The summed E-state index contributed by atoms with van der Waals surface area (Å²) >= 11 is 0. The van der Waals surface area contributed by atoms with Gasteiger partial charge in [-0.15, -0.1) is 0 Å². The Kier molecular flexibility index (Phi) is 2.69. The predicted molar refractivity (Wildman–Crippen MR) is 48.1 cm³/mol. The van der Waals surface area contributed by atoms with Gasteiger partial charge in [-0.25, -0.2) is 4.98 Å². The van der Waals surface area contributed by atoms with Crippen LogP contribution in [0.2, 0.25) is 0 Å². The lowest BCUT2D eigenvalue weighted by Crippen LogP contribution is -2.15. The number of anilines is 1. The molecular formula is C8H11N3O2. The third kappa shape index (κ3) is 2.33. The quantitative estimate of drug-likeness (QED) is 0.669. The molecule has 0 aromatic carbocycles. The lowest BCUT2D eigenvalue weighted by Gasteiger charge is -2.04. The zero-order valence-electron chi connectivity index (χ0n) is 7.28. The van der Waals surface area contributed by atoms with E-state index in [1.165, 1.54) is 7.11 Å². The highest BCUT2D eigenvalue weighted by Gasteiger charge is 2.04. The Hall–Kier alpha value is -1.78. The second-order valence-electron chi connectivity index (χ2n) is 2.53. The van der Waals surface area contributed by atoms with Crippen LogP contribution in [0.4, 0.5) is 5.82 Å². The fourth-order valence-corrected chi connectivity index (χ4v) is 0.954. The Bertz CT molecular complexity index is 325. The first-order chi connectivity index (χ1) is 6.13. The molecule has 0 bridgehead atoms. The van der Waals surface area contributed by atoms with Gasteiger partial charge in [-0.05, 0) is 12.1 Å². The number of hydrogen-bond acceptors (Lipinski definition) is 4. The van der Waals surface area contributed by atoms with Gasteiger partial charge in [0, 0.05) is 0 Å². The van der Waals surface area contributed by atoms with E-state index in [9.17, 15) is 4.79 Å². The van der Waals surface area contributed by atoms with Crippen molar-refractivity contribution in [3.63, 3.8) is 0 Å². The van der Waals surface area contributed by atoms with E-state index in [0.717, 1.165) is 0 Å². The Morgan fingerprint density at radius 1 is 1.62 bits per heavy atom. The van der Waals surface area contributed by atoms with Crippen molar-refractivity contribution in [1.82, 2.24) is 4.98 Å². The molecule has 0 atom stereocenters. The van der Waals surface area contributed by atoms with Crippen molar-refractivity contribution in [3.8, 4) is 5.75 Å². The number of nitrogens with zero attached hydrogens (tertiary/aromatic N) is 1. The molecule has 70 valence electrons. The summed E-state index contributed by atoms with van der Waals surface area (Å²) in [4.78, 5) is 14.5. The molecule has 4 N–H and O–H groups in total. The molecule has 0 fully saturated rings. The summed E-state index contributed by atoms with van der Waals surface area (Å²) in [6, 6.07) is 3.31. The van der Waals surface area contributed by atoms with Crippen LogP contribution in [0.5, 0.6) is 5.75 Å². The molecule has 1 rings (SSSR count). The molecule has 13 heavy (non-hydrogen) atoms. The fraction of sp³-hybridized carbons (Fsp3) is 0.250. The van der Waals surface area contributed by atoms with E-state index in [1.54, 1.807) is 12.1 Å². The number of amides is 1. The van der Waals surface area contributed by atoms with Crippen molar-refractivity contribution in [1.29, 1.82) is 0 Å². The van der Waals surface area contributed by atoms with E-state index in [0.29, 0.717) is 11.4 Å². The van der Waals surface area contributed by atoms with E-state index >= 15 is 0 Å². The highest BCUT2D eigenvalue weighted by atomic mass is 16.5. The lowest BCUT2D eigenvalue weighted by atomic mass is 10.2. The number of primary amides is 1. The first-order valence-corrected chi connectivity index (χ1v) is 3.71. The topological polar surface area (TPSA) is 91.2 Å². The van der Waals surface area contributed by atoms with E-state index < -0.39 is 5.91 Å². The maximum absolute atomic E-state index is 10.5. The van der Waals surface area contributed by atoms with Gasteiger partial charge in [0.15, 0.2) is 11.6 Å². The van der Waals surface area contributed by atoms with Crippen molar-refractivity contribution in [2.75, 3.05) is 12.8 Å². The van der Waals surface area contributed by atoms with Crippen molar-refractivity contribution >= 4 is 11.7 Å². The summed E-state index contributed by atoms with van der Waals surface area (Å²) in [5.41, 5.74) is 11.1. The summed E-state index contributed by atoms with van der Waals surface area (Å²) in [6.07, 6.45) is 0.0915. The zero-order chi connectivity index (χ0) is 9.84. The third-order valence-electron chi connectivity index (χ3n) is 1.52. The zero-order valence-corrected chi connectivity index (χ0v) is 7.28. The van der Waals surface area contributed by atoms with Crippen LogP contribution >= 0.6 is 0 Å². The molecule has 0 spiro atoms. The maximum Gasteiger partial charge on any atom is 0.223 e. The number of hydrogen-bond donors (Lipinski definition) is 2. The van der Waals surface area contributed by atoms with Gasteiger partial charge in [0.1, 0.15) is 0 Å². The van der Waals surface area contributed by atoms with Crippen LogP contribution in [0.3, 0.4) is 0 Å². The normalized spacial score (nSPS) is 9.62. The van der Waals surface area contributed by atoms with Gasteiger partial charge in [-0.3, -0.25) is 4.79 Å². The number of carbonyl (C=O) groups is 1. The molecular weight excluding hydrogens is 170 g/mol. The highest BCUT2D eigenvalue weighted by molar-refractivity contribution is 5.76. The summed E-state index contributed by atoms with van der Waals surface area (Å²) in [7, 11) is 1.50. The minimum Gasteiger partial charge on any atom is -0.493 e. The second kappa shape index (κ2) is 3.75. The summed E-state index contributed by atoms with van der Waals surface area (Å²) in [6.45, 7) is 0. The minimum absolute atomic E-state index is 0.0915. The average molecular weight is 181 g/mol. The largest absolute Gasteiger partial charge is 0.493 e. The molecule has 1 amide bonds. The number of rotatable bonds is 3. The summed E-state index contributed by atoms with van der Waals surface area (Å²) < 4.78 is 4.90. The van der Waals surface area contributed by atoms with E-state index in [2.05, 4.69) is 4.98 Å². The van der Waals surface area contributed by atoms with Crippen LogP contribution in [-0.4, -0.2) is 18.0 Å². The molecule has 0 aliphatic rings. The molecule has 0 saturated carbocycles. The number of aromatic nitrogens is 1. The molecule has 5 heteroatoms. The van der Waals surface area contributed by atoms with Gasteiger partial charge < -0.3 is 16.2 Å². The van der Waals surface area contributed by atoms with Crippen molar-refractivity contribution in [3.05, 3.63) is 17.8 Å². The standard InChI is InChI=1S/C8H11N3O2/c1-13-6-3-2-5(4-7(9)12)11-8(6)10/h2-3H,4H2,1H3,(H2,9,12)(H2,10,11). The van der Waals surface area contributed by atoms with Gasteiger partial charge >= 0.3 is 0 Å². The lowest BCUT2D eigenvalue weighted by molar-refractivity contribution is -0.117. The Morgan fingerprint density at radius 2 is 2.31 bits per heavy atom. The molecule has 5 nitrogen and oxygen atoms in total. The average Bonchev–Trinajstić information content (AvgIpc) is 2.03. The minimum atomic E-state index is -0.433. The monoisotopic (exact) mass is 181 g/mol. The molecule has 0 aliphatic heterocycles. The van der Waals surface area contributed by atoms with Crippen LogP contribution in [0, 0.1) is 0 Å². The molecule has 1 heterocycles. The summed E-state index contributed by atoms with van der Waals surface area (Å²) in [5, 5.41) is 0. The van der Waals surface area contributed by atoms with Crippen LogP contribution in [-0.2, 0) is 11.2 Å². The van der Waals surface area contributed by atoms with Crippen LogP contribution < -0.4 is 16.2 Å². The van der Waals surface area contributed by atoms with Gasteiger partial charge in [-0.2, -0.15) is 0 Å². The smallest absolute Gasteiger partial charge is 0.223 e. The second-order valence-corrected chi connectivity index (χ2v) is 2.53. The van der Waals surface area contributed by atoms with Crippen molar-refractivity contribution in [2.24, 2.45) is 5.73 Å².